The van der Waals surface area contributed by atoms with E-state index in [4.69, 9.17) is 0 Å². The third kappa shape index (κ3) is 2.70. The normalized spacial score (nSPS) is 34.0. The van der Waals surface area contributed by atoms with E-state index in [-0.39, 0.29) is 23.8 Å². The molecule has 6 rings (SSSR count). The lowest BCUT2D eigenvalue weighted by molar-refractivity contribution is -0.147. The van der Waals surface area contributed by atoms with E-state index in [1.165, 1.54) is 24.8 Å². The van der Waals surface area contributed by atoms with Gasteiger partial charge in [-0.3, -0.25) is 9.59 Å². The highest BCUT2D eigenvalue weighted by atomic mass is 79.9. The molecule has 4 aliphatic carbocycles. The molecule has 0 radical (unpaired) electrons. The number of nitrogens with zero attached hydrogens (tertiary/aromatic N) is 1. The van der Waals surface area contributed by atoms with Crippen LogP contribution in [0.2, 0.25) is 0 Å². The molecule has 1 aromatic carbocycles. The Labute approximate surface area is 162 Å². The highest BCUT2D eigenvalue weighted by Crippen LogP contribution is 2.60. The summed E-state index contributed by atoms with van der Waals surface area (Å²) in [7, 11) is 0. The van der Waals surface area contributed by atoms with Gasteiger partial charge in [-0.2, -0.15) is 0 Å². The molecule has 0 saturated heterocycles. The molecule has 26 heavy (non-hydrogen) atoms. The fourth-order valence-electron chi connectivity index (χ4n) is 6.46. The molecule has 1 aliphatic heterocycles. The Kier molecular flexibility index (Phi) is 3.93. The Balaban J connectivity index is 1.25. The van der Waals surface area contributed by atoms with Crippen LogP contribution in [0.1, 0.15) is 44.1 Å². The van der Waals surface area contributed by atoms with E-state index < -0.39 is 0 Å². The number of nitrogens with one attached hydrogen (secondary N) is 1. The van der Waals surface area contributed by atoms with Crippen molar-refractivity contribution in [2.45, 2.75) is 44.9 Å². The van der Waals surface area contributed by atoms with E-state index in [2.05, 4.69) is 27.3 Å². The largest absolute Gasteiger partial charge is 0.347 e. The average molecular weight is 417 g/mol. The second-order valence-electron chi connectivity index (χ2n) is 8.95. The number of hydrogen-bond donors (Lipinski definition) is 1. The van der Waals surface area contributed by atoms with Crippen molar-refractivity contribution in [1.82, 2.24) is 5.32 Å². The topological polar surface area (TPSA) is 49.4 Å². The maximum atomic E-state index is 13.0. The number of rotatable bonds is 3. The molecule has 2 amide bonds. The Morgan fingerprint density at radius 2 is 1.77 bits per heavy atom. The highest BCUT2D eigenvalue weighted by Gasteiger charge is 2.54. The van der Waals surface area contributed by atoms with Crippen LogP contribution < -0.4 is 10.2 Å². The highest BCUT2D eigenvalue weighted by molar-refractivity contribution is 9.10. The van der Waals surface area contributed by atoms with E-state index in [0.717, 1.165) is 53.6 Å². The van der Waals surface area contributed by atoms with Crippen LogP contribution in [0.3, 0.4) is 0 Å². The van der Waals surface area contributed by atoms with Gasteiger partial charge in [0.25, 0.3) is 0 Å². The van der Waals surface area contributed by atoms with Gasteiger partial charge in [0.2, 0.25) is 11.8 Å². The first kappa shape index (κ1) is 16.8. The van der Waals surface area contributed by atoms with E-state index >= 15 is 0 Å². The molecule has 4 fully saturated rings. The summed E-state index contributed by atoms with van der Waals surface area (Å²) >= 11 is 3.49. The minimum atomic E-state index is -0.178. The Hall–Kier alpha value is -1.36. The predicted octanol–water partition coefficient (Wildman–Crippen LogP) is 3.67. The van der Waals surface area contributed by atoms with Crippen molar-refractivity contribution in [3.05, 3.63) is 28.2 Å². The minimum Gasteiger partial charge on any atom is -0.347 e. The first-order valence-electron chi connectivity index (χ1n) is 9.89. The summed E-state index contributed by atoms with van der Waals surface area (Å²) in [6.07, 6.45) is 7.98. The van der Waals surface area contributed by atoms with Crippen molar-refractivity contribution < 1.29 is 9.59 Å². The number of anilines is 1. The Morgan fingerprint density at radius 3 is 2.42 bits per heavy atom. The van der Waals surface area contributed by atoms with Crippen LogP contribution in [0.25, 0.3) is 0 Å². The van der Waals surface area contributed by atoms with Crippen LogP contribution in [0.15, 0.2) is 22.7 Å². The lowest BCUT2D eigenvalue weighted by atomic mass is 9.49. The summed E-state index contributed by atoms with van der Waals surface area (Å²) in [5, 5.41) is 3.02. The minimum absolute atomic E-state index is 0.00384. The third-order valence-corrected chi connectivity index (χ3v) is 7.65. The van der Waals surface area contributed by atoms with Crippen LogP contribution in [-0.4, -0.2) is 24.9 Å². The zero-order valence-corrected chi connectivity index (χ0v) is 16.6. The average Bonchev–Trinajstić information content (AvgIpc) is 3.01. The summed E-state index contributed by atoms with van der Waals surface area (Å²) in [4.78, 5) is 27.6. The number of carbonyl (C=O) groups excluding carboxylic acids is 2. The van der Waals surface area contributed by atoms with Gasteiger partial charge in [0.15, 0.2) is 0 Å². The van der Waals surface area contributed by atoms with E-state index in [0.29, 0.717) is 6.54 Å². The molecule has 1 heterocycles. The maximum absolute atomic E-state index is 13.0. The van der Waals surface area contributed by atoms with E-state index in [9.17, 15) is 9.59 Å². The van der Waals surface area contributed by atoms with Gasteiger partial charge in [-0.15, -0.1) is 0 Å². The second-order valence-corrected chi connectivity index (χ2v) is 9.86. The molecule has 1 N–H and O–H groups in total. The molecule has 0 spiro atoms. The lowest BCUT2D eigenvalue weighted by Crippen LogP contribution is -2.54. The quantitative estimate of drug-likeness (QED) is 0.816. The molecule has 4 nitrogen and oxygen atoms in total. The number of fused-ring (bicyclic) bond motifs is 1. The third-order valence-electron chi connectivity index (χ3n) is 7.16. The molecule has 0 atom stereocenters. The number of amides is 2. The van der Waals surface area contributed by atoms with Gasteiger partial charge in [-0.25, -0.2) is 0 Å². The number of hydrogen-bond acceptors (Lipinski definition) is 2. The number of halogens is 1. The predicted molar refractivity (Wildman–Crippen MR) is 104 cm³/mol. The first-order valence-corrected chi connectivity index (χ1v) is 10.7. The molecule has 5 aliphatic rings. The van der Waals surface area contributed by atoms with Crippen LogP contribution in [-0.2, 0) is 16.0 Å². The molecule has 0 unspecified atom stereocenters. The molecule has 4 bridgehead atoms. The molecule has 1 aromatic rings. The van der Waals surface area contributed by atoms with Crippen LogP contribution in [0.4, 0.5) is 5.69 Å². The van der Waals surface area contributed by atoms with Crippen LogP contribution in [0.5, 0.6) is 0 Å². The smallest absolute Gasteiger partial charge is 0.246 e. The summed E-state index contributed by atoms with van der Waals surface area (Å²) in [6, 6.07) is 6.04. The van der Waals surface area contributed by atoms with Gasteiger partial charge in [0.05, 0.1) is 6.54 Å². The standard InChI is InChI=1S/C21H25BrN2O2/c22-17-1-2-18-16(8-17)3-4-24(18)19(25)12-23-20(26)21-9-13-5-14(10-21)7-15(6-13)11-21/h1-2,8,13-15H,3-7,9-12H2,(H,23,26). The monoisotopic (exact) mass is 416 g/mol. The summed E-state index contributed by atoms with van der Waals surface area (Å²) in [5.74, 6) is 2.37. The Morgan fingerprint density at radius 1 is 1.12 bits per heavy atom. The molecular weight excluding hydrogens is 392 g/mol. The second kappa shape index (κ2) is 6.08. The molecule has 5 heteroatoms. The van der Waals surface area contributed by atoms with Crippen LogP contribution >= 0.6 is 15.9 Å². The molecule has 4 saturated carbocycles. The van der Waals surface area contributed by atoms with Gasteiger partial charge >= 0.3 is 0 Å². The summed E-state index contributed by atoms with van der Waals surface area (Å²) in [5.41, 5.74) is 2.01. The van der Waals surface area contributed by atoms with Crippen LogP contribution in [0, 0.1) is 23.2 Å². The van der Waals surface area contributed by atoms with E-state index in [1.807, 2.05) is 17.0 Å². The molecule has 138 valence electrons. The lowest BCUT2D eigenvalue weighted by Gasteiger charge is -2.55. The van der Waals surface area contributed by atoms with Gasteiger partial charge in [0, 0.05) is 22.1 Å². The van der Waals surface area contributed by atoms with Crippen molar-refractivity contribution in [1.29, 1.82) is 0 Å². The SMILES string of the molecule is O=C(CNC(=O)C12CC3CC(CC(C3)C1)C2)N1CCc2cc(Br)ccc21. The van der Waals surface area contributed by atoms with Gasteiger partial charge in [-0.1, -0.05) is 15.9 Å². The summed E-state index contributed by atoms with van der Waals surface area (Å²) in [6.45, 7) is 0.827. The van der Waals surface area contributed by atoms with Gasteiger partial charge in [-0.05, 0) is 86.5 Å². The zero-order chi connectivity index (χ0) is 17.9. The fraction of sp³-hybridized carbons (Fsp3) is 0.619. The first-order chi connectivity index (χ1) is 12.5. The summed E-state index contributed by atoms with van der Waals surface area (Å²) < 4.78 is 1.04. The number of carbonyl (C=O) groups is 2. The fourth-order valence-corrected chi connectivity index (χ4v) is 6.87. The zero-order valence-electron chi connectivity index (χ0n) is 15.0. The van der Waals surface area contributed by atoms with Crippen molar-refractivity contribution in [2.24, 2.45) is 23.2 Å². The van der Waals surface area contributed by atoms with E-state index in [1.54, 1.807) is 0 Å². The van der Waals surface area contributed by atoms with Crippen molar-refractivity contribution in [2.75, 3.05) is 18.0 Å². The molecular formula is C21H25BrN2O2. The number of benzene rings is 1. The Bertz CT molecular complexity index is 740. The van der Waals surface area contributed by atoms with Gasteiger partial charge in [0.1, 0.15) is 0 Å². The maximum Gasteiger partial charge on any atom is 0.246 e. The van der Waals surface area contributed by atoms with Gasteiger partial charge < -0.3 is 10.2 Å². The van der Waals surface area contributed by atoms with Crippen molar-refractivity contribution in [3.8, 4) is 0 Å². The molecule has 0 aromatic heterocycles. The van der Waals surface area contributed by atoms with Crippen molar-refractivity contribution in [3.63, 3.8) is 0 Å². The van der Waals surface area contributed by atoms with Crippen molar-refractivity contribution >= 4 is 33.4 Å².